The van der Waals surface area contributed by atoms with Crippen molar-refractivity contribution in [3.05, 3.63) is 51.8 Å². The first-order chi connectivity index (χ1) is 15.0. The van der Waals surface area contributed by atoms with Gasteiger partial charge in [0.2, 0.25) is 0 Å². The summed E-state index contributed by atoms with van der Waals surface area (Å²) in [7, 11) is 1.68. The number of aryl methyl sites for hydroxylation is 1. The van der Waals surface area contributed by atoms with E-state index in [4.69, 9.17) is 4.74 Å². The van der Waals surface area contributed by atoms with Crippen LogP contribution in [-0.2, 0) is 24.8 Å². The molecule has 9 nitrogen and oxygen atoms in total. The zero-order chi connectivity index (χ0) is 23.4. The van der Waals surface area contributed by atoms with Gasteiger partial charge in [-0.05, 0) is 45.9 Å². The van der Waals surface area contributed by atoms with Crippen LogP contribution in [0.5, 0.6) is 0 Å². The molecule has 0 radical (unpaired) electrons. The predicted octanol–water partition coefficient (Wildman–Crippen LogP) is 2.19. The molecule has 2 aromatic rings. The molecule has 4 rings (SSSR count). The van der Waals surface area contributed by atoms with E-state index < -0.39 is 17.4 Å². The summed E-state index contributed by atoms with van der Waals surface area (Å²) in [6, 6.07) is 4.61. The summed E-state index contributed by atoms with van der Waals surface area (Å²) in [6.07, 6.45) is 0.508. The van der Waals surface area contributed by atoms with E-state index >= 15 is 0 Å². The number of fused-ring (bicyclic) bond motifs is 2. The Morgan fingerprint density at radius 3 is 2.47 bits per heavy atom. The van der Waals surface area contributed by atoms with E-state index in [2.05, 4.69) is 5.10 Å². The number of nitrogens with zero attached hydrogens (tertiary/aromatic N) is 4. The number of benzene rings is 1. The molecule has 0 atom stereocenters. The van der Waals surface area contributed by atoms with Gasteiger partial charge in [-0.2, -0.15) is 5.10 Å². The van der Waals surface area contributed by atoms with Gasteiger partial charge in [-0.15, -0.1) is 0 Å². The maximum absolute atomic E-state index is 13.3. The molecule has 0 spiro atoms. The standard InChI is InChI=1S/C23H26N4O5/c1-6-32-22(31)18-16-12-26(10-9-17(16)24-25(18)5)19(28)13-7-8-14-15(11-13)21(30)27(20(14)29)23(2,3)4/h7-8,11H,6,9-10,12H2,1-5H3. The Balaban J connectivity index is 1.62. The number of aromatic nitrogens is 2. The smallest absolute Gasteiger partial charge is 0.356 e. The van der Waals surface area contributed by atoms with E-state index in [1.165, 1.54) is 21.7 Å². The third-order valence-electron chi connectivity index (χ3n) is 5.76. The normalized spacial score (nSPS) is 15.7. The molecule has 3 heterocycles. The van der Waals surface area contributed by atoms with Crippen LogP contribution >= 0.6 is 0 Å². The Bertz CT molecular complexity index is 1160. The molecule has 9 heteroatoms. The van der Waals surface area contributed by atoms with Gasteiger partial charge < -0.3 is 9.64 Å². The van der Waals surface area contributed by atoms with Crippen molar-refractivity contribution in [3.63, 3.8) is 0 Å². The molecule has 32 heavy (non-hydrogen) atoms. The molecule has 0 unspecified atom stereocenters. The number of hydrogen-bond acceptors (Lipinski definition) is 6. The summed E-state index contributed by atoms with van der Waals surface area (Å²) in [5, 5.41) is 4.41. The lowest BCUT2D eigenvalue weighted by Gasteiger charge is -2.29. The maximum atomic E-state index is 13.3. The van der Waals surface area contributed by atoms with Crippen molar-refractivity contribution >= 4 is 23.7 Å². The van der Waals surface area contributed by atoms with E-state index in [9.17, 15) is 19.2 Å². The van der Waals surface area contributed by atoms with Gasteiger partial charge in [0.25, 0.3) is 17.7 Å². The summed E-state index contributed by atoms with van der Waals surface area (Å²) in [4.78, 5) is 54.1. The number of carbonyl (C=O) groups is 4. The Kier molecular flexibility index (Phi) is 5.15. The Morgan fingerprint density at radius 2 is 1.81 bits per heavy atom. The summed E-state index contributed by atoms with van der Waals surface area (Å²) in [5.74, 6) is -1.49. The second-order valence-electron chi connectivity index (χ2n) is 8.97. The average Bonchev–Trinajstić information content (AvgIpc) is 3.19. The minimum absolute atomic E-state index is 0.217. The van der Waals surface area contributed by atoms with Crippen molar-refractivity contribution in [2.75, 3.05) is 13.2 Å². The summed E-state index contributed by atoms with van der Waals surface area (Å²) in [6.45, 7) is 8.01. The van der Waals surface area contributed by atoms with Gasteiger partial charge in [-0.1, -0.05) is 0 Å². The van der Waals surface area contributed by atoms with Crippen molar-refractivity contribution in [1.29, 1.82) is 0 Å². The molecule has 0 aliphatic carbocycles. The molecule has 3 amide bonds. The molecule has 0 fully saturated rings. The number of imide groups is 1. The first-order valence-corrected chi connectivity index (χ1v) is 10.6. The fourth-order valence-corrected chi connectivity index (χ4v) is 4.30. The lowest BCUT2D eigenvalue weighted by atomic mass is 10.0. The van der Waals surface area contributed by atoms with Gasteiger partial charge in [0.05, 0.1) is 30.0 Å². The molecule has 2 aliphatic rings. The molecular weight excluding hydrogens is 412 g/mol. The van der Waals surface area contributed by atoms with Crippen LogP contribution in [0, 0.1) is 0 Å². The van der Waals surface area contributed by atoms with Gasteiger partial charge in [0, 0.05) is 36.7 Å². The lowest BCUT2D eigenvalue weighted by Crippen LogP contribution is -2.45. The molecular formula is C23H26N4O5. The van der Waals surface area contributed by atoms with Crippen LogP contribution in [0.15, 0.2) is 18.2 Å². The monoisotopic (exact) mass is 438 g/mol. The Hall–Kier alpha value is -3.49. The summed E-state index contributed by atoms with van der Waals surface area (Å²) in [5.41, 5.74) is 2.00. The maximum Gasteiger partial charge on any atom is 0.356 e. The number of hydrogen-bond donors (Lipinski definition) is 0. The molecule has 0 saturated heterocycles. The highest BCUT2D eigenvalue weighted by Gasteiger charge is 2.42. The van der Waals surface area contributed by atoms with Gasteiger partial charge in [-0.25, -0.2) is 4.79 Å². The van der Waals surface area contributed by atoms with E-state index in [-0.39, 0.29) is 30.5 Å². The van der Waals surface area contributed by atoms with E-state index in [1.54, 1.807) is 45.7 Å². The zero-order valence-electron chi connectivity index (χ0n) is 18.9. The van der Waals surface area contributed by atoms with Crippen molar-refractivity contribution in [2.45, 2.75) is 46.2 Å². The fraction of sp³-hybridized carbons (Fsp3) is 0.435. The topological polar surface area (TPSA) is 102 Å². The van der Waals surface area contributed by atoms with Gasteiger partial charge in [0.1, 0.15) is 0 Å². The number of ether oxygens (including phenoxy) is 1. The first-order valence-electron chi connectivity index (χ1n) is 10.6. The molecule has 1 aromatic heterocycles. The SMILES string of the molecule is CCOC(=O)c1c2c(nn1C)CCN(C(=O)c1ccc3c(c1)C(=O)N(C(C)(C)C)C3=O)C2. The number of esters is 1. The van der Waals surface area contributed by atoms with Gasteiger partial charge in [0.15, 0.2) is 5.69 Å². The van der Waals surface area contributed by atoms with Crippen molar-refractivity contribution in [3.8, 4) is 0 Å². The summed E-state index contributed by atoms with van der Waals surface area (Å²) < 4.78 is 6.64. The number of amides is 3. The molecule has 168 valence electrons. The van der Waals surface area contributed by atoms with Crippen LogP contribution in [-0.4, -0.2) is 62.0 Å². The summed E-state index contributed by atoms with van der Waals surface area (Å²) >= 11 is 0. The molecule has 0 N–H and O–H groups in total. The van der Waals surface area contributed by atoms with E-state index in [0.717, 1.165) is 5.69 Å². The molecule has 2 aliphatic heterocycles. The van der Waals surface area contributed by atoms with Crippen molar-refractivity contribution in [2.24, 2.45) is 7.05 Å². The van der Waals surface area contributed by atoms with Crippen LogP contribution < -0.4 is 0 Å². The number of rotatable bonds is 3. The van der Waals surface area contributed by atoms with Crippen LogP contribution in [0.4, 0.5) is 0 Å². The van der Waals surface area contributed by atoms with Crippen LogP contribution in [0.1, 0.15) is 80.5 Å². The second kappa shape index (κ2) is 7.58. The minimum Gasteiger partial charge on any atom is -0.461 e. The number of carbonyl (C=O) groups excluding carboxylic acids is 4. The largest absolute Gasteiger partial charge is 0.461 e. The zero-order valence-corrected chi connectivity index (χ0v) is 18.9. The Morgan fingerprint density at radius 1 is 1.12 bits per heavy atom. The lowest BCUT2D eigenvalue weighted by molar-refractivity contribution is 0.0495. The third-order valence-corrected chi connectivity index (χ3v) is 5.76. The first kappa shape index (κ1) is 21.7. The molecule has 0 bridgehead atoms. The third kappa shape index (κ3) is 3.37. The van der Waals surface area contributed by atoms with E-state index in [1.807, 2.05) is 0 Å². The second-order valence-corrected chi connectivity index (χ2v) is 8.97. The van der Waals surface area contributed by atoms with Crippen LogP contribution in [0.25, 0.3) is 0 Å². The minimum atomic E-state index is -0.662. The highest BCUT2D eigenvalue weighted by atomic mass is 16.5. The highest BCUT2D eigenvalue weighted by Crippen LogP contribution is 2.31. The van der Waals surface area contributed by atoms with Crippen LogP contribution in [0.2, 0.25) is 0 Å². The van der Waals surface area contributed by atoms with Gasteiger partial charge in [-0.3, -0.25) is 24.0 Å². The Labute approximate surface area is 185 Å². The predicted molar refractivity (Wildman–Crippen MR) is 114 cm³/mol. The van der Waals surface area contributed by atoms with E-state index in [0.29, 0.717) is 35.3 Å². The fourth-order valence-electron chi connectivity index (χ4n) is 4.30. The van der Waals surface area contributed by atoms with Gasteiger partial charge >= 0.3 is 5.97 Å². The molecule has 0 saturated carbocycles. The molecule has 1 aromatic carbocycles. The van der Waals surface area contributed by atoms with Crippen molar-refractivity contribution in [1.82, 2.24) is 19.6 Å². The van der Waals surface area contributed by atoms with Crippen LogP contribution in [0.3, 0.4) is 0 Å². The quantitative estimate of drug-likeness (QED) is 0.538. The highest BCUT2D eigenvalue weighted by molar-refractivity contribution is 6.22. The average molecular weight is 438 g/mol. The van der Waals surface area contributed by atoms with Crippen molar-refractivity contribution < 1.29 is 23.9 Å².